The van der Waals surface area contributed by atoms with Crippen LogP contribution in [0.3, 0.4) is 0 Å². The summed E-state index contributed by atoms with van der Waals surface area (Å²) in [6, 6.07) is 0. The third kappa shape index (κ3) is 7.06. The van der Waals surface area contributed by atoms with Crippen LogP contribution in [0.1, 0.15) is 45.4 Å². The number of hydrogen-bond donors (Lipinski definition) is 2. The zero-order chi connectivity index (χ0) is 15.6. The molecule has 0 spiro atoms. The van der Waals surface area contributed by atoms with Crippen molar-refractivity contribution in [2.45, 2.75) is 56.9 Å². The van der Waals surface area contributed by atoms with Crippen molar-refractivity contribution >= 4 is 10.0 Å². The second-order valence-corrected chi connectivity index (χ2v) is 6.98. The van der Waals surface area contributed by atoms with Crippen molar-refractivity contribution in [1.82, 2.24) is 19.8 Å². The molecule has 1 aromatic heterocycles. The summed E-state index contributed by atoms with van der Waals surface area (Å²) in [7, 11) is -1.57. The van der Waals surface area contributed by atoms with Gasteiger partial charge in [0.15, 0.2) is 0 Å². The molecule has 0 aliphatic carbocycles. The van der Waals surface area contributed by atoms with E-state index in [4.69, 9.17) is 0 Å². The molecule has 1 aromatic rings. The lowest BCUT2D eigenvalue weighted by Crippen LogP contribution is -2.24. The average Bonchev–Trinajstić information content (AvgIpc) is 2.94. The maximum atomic E-state index is 12.1. The lowest BCUT2D eigenvalue weighted by molar-refractivity contribution is 0.566. The molecule has 0 aliphatic heterocycles. The van der Waals surface area contributed by atoms with Gasteiger partial charge in [-0.2, -0.15) is 5.10 Å². The first-order valence-electron chi connectivity index (χ1n) is 7.77. The lowest BCUT2D eigenvalue weighted by atomic mass is 10.1. The van der Waals surface area contributed by atoms with Gasteiger partial charge in [0.1, 0.15) is 4.90 Å². The van der Waals surface area contributed by atoms with Crippen LogP contribution in [0.25, 0.3) is 0 Å². The van der Waals surface area contributed by atoms with Crippen molar-refractivity contribution in [3.05, 3.63) is 12.4 Å². The number of nitrogens with zero attached hydrogens (tertiary/aromatic N) is 2. The molecule has 7 heteroatoms. The van der Waals surface area contributed by atoms with E-state index in [0.717, 1.165) is 19.4 Å². The number of hydrogen-bond acceptors (Lipinski definition) is 4. The van der Waals surface area contributed by atoms with Gasteiger partial charge in [-0.3, -0.25) is 4.68 Å². The molecule has 122 valence electrons. The summed E-state index contributed by atoms with van der Waals surface area (Å²) in [4.78, 5) is 0.240. The first-order chi connectivity index (χ1) is 10.1. The molecule has 0 amide bonds. The van der Waals surface area contributed by atoms with Crippen LogP contribution in [0.2, 0.25) is 0 Å². The Morgan fingerprint density at radius 3 is 2.57 bits per heavy atom. The highest BCUT2D eigenvalue weighted by molar-refractivity contribution is 7.89. The monoisotopic (exact) mass is 316 g/mol. The fourth-order valence-electron chi connectivity index (χ4n) is 2.03. The van der Waals surface area contributed by atoms with Crippen molar-refractivity contribution in [1.29, 1.82) is 0 Å². The molecule has 0 saturated heterocycles. The zero-order valence-electron chi connectivity index (χ0n) is 13.1. The Labute approximate surface area is 128 Å². The lowest BCUT2D eigenvalue weighted by Gasteiger charge is -2.04. The van der Waals surface area contributed by atoms with E-state index in [9.17, 15) is 8.42 Å². The quantitative estimate of drug-likeness (QED) is 0.576. The van der Waals surface area contributed by atoms with Crippen LogP contribution in [0, 0.1) is 0 Å². The summed E-state index contributed by atoms with van der Waals surface area (Å²) in [5.41, 5.74) is 0. The average molecular weight is 316 g/mol. The van der Waals surface area contributed by atoms with Crippen molar-refractivity contribution in [3.63, 3.8) is 0 Å². The second kappa shape index (κ2) is 9.92. The van der Waals surface area contributed by atoms with Crippen molar-refractivity contribution in [2.24, 2.45) is 0 Å². The molecule has 0 radical (unpaired) electrons. The van der Waals surface area contributed by atoms with Gasteiger partial charge in [-0.05, 0) is 13.5 Å². The van der Waals surface area contributed by atoms with E-state index in [1.807, 2.05) is 7.05 Å². The largest absolute Gasteiger partial charge is 0.318 e. The fraction of sp³-hybridized carbons (Fsp3) is 0.786. The number of unbranched alkanes of at least 4 members (excludes halogenated alkanes) is 5. The van der Waals surface area contributed by atoms with Gasteiger partial charge in [-0.15, -0.1) is 0 Å². The molecule has 0 aromatic carbocycles. The van der Waals surface area contributed by atoms with Gasteiger partial charge in [0, 0.05) is 19.3 Å². The molecular formula is C14H28N4O2S. The van der Waals surface area contributed by atoms with Crippen molar-refractivity contribution in [3.8, 4) is 0 Å². The van der Waals surface area contributed by atoms with Crippen LogP contribution < -0.4 is 10.0 Å². The Morgan fingerprint density at radius 2 is 1.86 bits per heavy atom. The normalized spacial score (nSPS) is 11.9. The molecule has 1 heterocycles. The Balaban J connectivity index is 2.31. The smallest absolute Gasteiger partial charge is 0.243 e. The summed E-state index contributed by atoms with van der Waals surface area (Å²) < 4.78 is 28.4. The van der Waals surface area contributed by atoms with Crippen LogP contribution >= 0.6 is 0 Å². The molecule has 0 fully saturated rings. The highest BCUT2D eigenvalue weighted by atomic mass is 32.2. The highest BCUT2D eigenvalue weighted by Gasteiger charge is 2.15. The van der Waals surface area contributed by atoms with Crippen LogP contribution in [0.4, 0.5) is 0 Å². The Bertz CT molecular complexity index is 485. The summed E-state index contributed by atoms with van der Waals surface area (Å²) in [6.07, 6.45) is 9.83. The van der Waals surface area contributed by atoms with Gasteiger partial charge in [-0.25, -0.2) is 13.1 Å². The van der Waals surface area contributed by atoms with Crippen molar-refractivity contribution in [2.75, 3.05) is 20.1 Å². The maximum absolute atomic E-state index is 12.1. The first-order valence-corrected chi connectivity index (χ1v) is 9.25. The third-order valence-corrected chi connectivity index (χ3v) is 4.75. The topological polar surface area (TPSA) is 76.0 Å². The Hall–Kier alpha value is -0.920. The van der Waals surface area contributed by atoms with Gasteiger partial charge in [-0.1, -0.05) is 39.0 Å². The zero-order valence-corrected chi connectivity index (χ0v) is 14.0. The van der Waals surface area contributed by atoms with Gasteiger partial charge in [0.25, 0.3) is 0 Å². The van der Waals surface area contributed by atoms with E-state index in [1.165, 1.54) is 31.9 Å². The number of rotatable bonds is 12. The second-order valence-electron chi connectivity index (χ2n) is 5.21. The van der Waals surface area contributed by atoms with E-state index in [2.05, 4.69) is 22.1 Å². The predicted molar refractivity (Wildman–Crippen MR) is 84.7 cm³/mol. The van der Waals surface area contributed by atoms with Gasteiger partial charge < -0.3 is 5.32 Å². The van der Waals surface area contributed by atoms with Crippen molar-refractivity contribution < 1.29 is 8.42 Å². The minimum absolute atomic E-state index is 0.240. The van der Waals surface area contributed by atoms with Crippen LogP contribution in [0.15, 0.2) is 17.3 Å². The molecule has 0 atom stereocenters. The molecule has 0 unspecified atom stereocenters. The molecule has 6 nitrogen and oxygen atoms in total. The molecular weight excluding hydrogens is 288 g/mol. The maximum Gasteiger partial charge on any atom is 0.243 e. The third-order valence-electron chi connectivity index (χ3n) is 3.33. The molecule has 0 saturated carbocycles. The summed E-state index contributed by atoms with van der Waals surface area (Å²) >= 11 is 0. The van der Waals surface area contributed by atoms with E-state index in [1.54, 1.807) is 10.9 Å². The summed E-state index contributed by atoms with van der Waals surface area (Å²) in [6.45, 7) is 4.09. The first kappa shape index (κ1) is 18.1. The fourth-order valence-corrected chi connectivity index (χ4v) is 3.05. The Morgan fingerprint density at radius 1 is 1.14 bits per heavy atom. The van der Waals surface area contributed by atoms with Gasteiger partial charge in [0.2, 0.25) is 10.0 Å². The number of nitrogens with one attached hydrogen (secondary N) is 2. The molecule has 21 heavy (non-hydrogen) atoms. The molecule has 2 N–H and O–H groups in total. The molecule has 1 rings (SSSR count). The molecule has 0 bridgehead atoms. The minimum Gasteiger partial charge on any atom is -0.318 e. The van der Waals surface area contributed by atoms with E-state index >= 15 is 0 Å². The number of sulfonamides is 1. The predicted octanol–water partition coefficient (Wildman–Crippen LogP) is 1.74. The van der Waals surface area contributed by atoms with E-state index in [0.29, 0.717) is 13.1 Å². The van der Waals surface area contributed by atoms with Gasteiger partial charge >= 0.3 is 0 Å². The molecule has 0 aliphatic rings. The minimum atomic E-state index is -3.42. The Kier molecular flexibility index (Phi) is 8.56. The number of aromatic nitrogens is 2. The SMILES string of the molecule is CCCCCCCCNS(=O)(=O)c1cnn(CCNC)c1. The highest BCUT2D eigenvalue weighted by Crippen LogP contribution is 2.08. The summed E-state index contributed by atoms with van der Waals surface area (Å²) in [5, 5.41) is 7.06. The van der Waals surface area contributed by atoms with E-state index in [-0.39, 0.29) is 4.90 Å². The van der Waals surface area contributed by atoms with Crippen LogP contribution in [-0.4, -0.2) is 38.3 Å². The van der Waals surface area contributed by atoms with E-state index < -0.39 is 10.0 Å². The standard InChI is InChI=1S/C14H28N4O2S/c1-3-4-5-6-7-8-9-17-21(19,20)14-12-16-18(13-14)11-10-15-2/h12-13,15,17H,3-11H2,1-2H3. The van der Waals surface area contributed by atoms with Crippen LogP contribution in [-0.2, 0) is 16.6 Å². The summed E-state index contributed by atoms with van der Waals surface area (Å²) in [5.74, 6) is 0. The van der Waals surface area contributed by atoms with Crippen LogP contribution in [0.5, 0.6) is 0 Å². The number of likely N-dealkylation sites (N-methyl/N-ethyl adjacent to an activating group) is 1. The van der Waals surface area contributed by atoms with Gasteiger partial charge in [0.05, 0.1) is 12.7 Å².